The molecule has 0 aliphatic rings. The minimum Gasteiger partial charge on any atom is -0.354 e. The van der Waals surface area contributed by atoms with E-state index in [1.165, 1.54) is 17.3 Å². The summed E-state index contributed by atoms with van der Waals surface area (Å²) in [6, 6.07) is 5.28. The average molecular weight is 410 g/mol. The third kappa shape index (κ3) is 5.04. The number of benzene rings is 1. The van der Waals surface area contributed by atoms with Gasteiger partial charge in [-0.15, -0.1) is 0 Å². The van der Waals surface area contributed by atoms with Crippen molar-refractivity contribution in [2.24, 2.45) is 12.0 Å². The van der Waals surface area contributed by atoms with Crippen molar-refractivity contribution in [3.63, 3.8) is 0 Å². The van der Waals surface area contributed by atoms with Crippen LogP contribution in [0.4, 0.5) is 4.39 Å². The molecule has 2 aromatic rings. The lowest BCUT2D eigenvalue weighted by molar-refractivity contribution is 0.615. The van der Waals surface area contributed by atoms with Gasteiger partial charge in [0.25, 0.3) is 0 Å². The van der Waals surface area contributed by atoms with Crippen molar-refractivity contribution >= 4 is 21.9 Å². The molecule has 0 fully saturated rings. The maximum atomic E-state index is 13.6. The Morgan fingerprint density at radius 1 is 1.40 bits per heavy atom. The van der Waals surface area contributed by atoms with E-state index in [4.69, 9.17) is 0 Å². The molecule has 5 nitrogen and oxygen atoms in total. The van der Waals surface area contributed by atoms with Gasteiger partial charge in [-0.3, -0.25) is 9.67 Å². The number of nitrogens with one attached hydrogen (secondary N) is 2. The summed E-state index contributed by atoms with van der Waals surface area (Å²) in [5.74, 6) is 0.424. The van der Waals surface area contributed by atoms with Crippen LogP contribution in [0.2, 0.25) is 0 Å². The van der Waals surface area contributed by atoms with E-state index in [9.17, 15) is 4.39 Å². The largest absolute Gasteiger partial charge is 0.354 e. The Morgan fingerprint density at radius 3 is 2.68 bits per heavy atom. The lowest BCUT2D eigenvalue weighted by atomic mass is 10.1. The number of guanidine groups is 1. The monoisotopic (exact) mass is 409 g/mol. The van der Waals surface area contributed by atoms with Gasteiger partial charge in [0.2, 0.25) is 0 Å². The highest BCUT2D eigenvalue weighted by Crippen LogP contribution is 2.16. The molecule has 1 atom stereocenters. The first kappa shape index (κ1) is 19.4. The molecule has 1 aromatic carbocycles. The summed E-state index contributed by atoms with van der Waals surface area (Å²) >= 11 is 3.16. The SMILES string of the molecule is CN=C(NCc1ccc(Br)c(F)c1)NC(C)Cc1c(C)nn(C)c1C. The fourth-order valence-corrected chi connectivity index (χ4v) is 2.98. The van der Waals surface area contributed by atoms with Crippen molar-refractivity contribution in [2.45, 2.75) is 39.8 Å². The number of hydrogen-bond acceptors (Lipinski definition) is 2. The third-order valence-corrected chi connectivity index (χ3v) is 4.86. The van der Waals surface area contributed by atoms with E-state index in [0.717, 1.165) is 17.7 Å². The van der Waals surface area contributed by atoms with Crippen LogP contribution in [-0.2, 0) is 20.0 Å². The van der Waals surface area contributed by atoms with Gasteiger partial charge in [-0.1, -0.05) is 6.07 Å². The van der Waals surface area contributed by atoms with Gasteiger partial charge in [0.15, 0.2) is 5.96 Å². The Hall–Kier alpha value is -1.89. The van der Waals surface area contributed by atoms with Crippen molar-refractivity contribution in [3.05, 3.63) is 51.0 Å². The van der Waals surface area contributed by atoms with Crippen molar-refractivity contribution in [2.75, 3.05) is 7.05 Å². The van der Waals surface area contributed by atoms with E-state index in [0.29, 0.717) is 17.0 Å². The zero-order valence-corrected chi connectivity index (χ0v) is 16.9. The second-order valence-electron chi connectivity index (χ2n) is 6.20. The summed E-state index contributed by atoms with van der Waals surface area (Å²) < 4.78 is 16.0. The molecule has 136 valence electrons. The molecule has 0 bridgehead atoms. The van der Waals surface area contributed by atoms with E-state index < -0.39 is 0 Å². The Kier molecular flexibility index (Phi) is 6.58. The van der Waals surface area contributed by atoms with Crippen LogP contribution >= 0.6 is 15.9 Å². The number of rotatable bonds is 5. The van der Waals surface area contributed by atoms with Crippen LogP contribution < -0.4 is 10.6 Å². The first-order valence-electron chi connectivity index (χ1n) is 8.22. The molecule has 1 aromatic heterocycles. The van der Waals surface area contributed by atoms with Crippen molar-refractivity contribution < 1.29 is 4.39 Å². The van der Waals surface area contributed by atoms with Gasteiger partial charge in [0.1, 0.15) is 5.82 Å². The summed E-state index contributed by atoms with van der Waals surface area (Å²) in [7, 11) is 3.69. The second-order valence-corrected chi connectivity index (χ2v) is 7.05. The van der Waals surface area contributed by atoms with Crippen LogP contribution in [0, 0.1) is 19.7 Å². The summed E-state index contributed by atoms with van der Waals surface area (Å²) in [5.41, 5.74) is 4.35. The number of aliphatic imine (C=N–C) groups is 1. The van der Waals surface area contributed by atoms with Crippen LogP contribution in [0.1, 0.15) is 29.4 Å². The molecule has 0 radical (unpaired) electrons. The second kappa shape index (κ2) is 8.47. The highest BCUT2D eigenvalue weighted by Gasteiger charge is 2.14. The van der Waals surface area contributed by atoms with Gasteiger partial charge >= 0.3 is 0 Å². The number of hydrogen-bond donors (Lipinski definition) is 2. The molecule has 0 spiro atoms. The van der Waals surface area contributed by atoms with Gasteiger partial charge in [-0.25, -0.2) is 4.39 Å². The van der Waals surface area contributed by atoms with E-state index in [1.807, 2.05) is 24.7 Å². The first-order chi connectivity index (χ1) is 11.8. The highest BCUT2D eigenvalue weighted by molar-refractivity contribution is 9.10. The molecule has 1 unspecified atom stereocenters. The zero-order valence-electron chi connectivity index (χ0n) is 15.3. The van der Waals surface area contributed by atoms with E-state index in [-0.39, 0.29) is 11.9 Å². The minimum atomic E-state index is -0.266. The van der Waals surface area contributed by atoms with Crippen LogP contribution in [0.25, 0.3) is 0 Å². The third-order valence-electron chi connectivity index (χ3n) is 4.22. The molecule has 0 saturated heterocycles. The van der Waals surface area contributed by atoms with Crippen LogP contribution in [0.15, 0.2) is 27.7 Å². The predicted molar refractivity (Wildman–Crippen MR) is 103 cm³/mol. The van der Waals surface area contributed by atoms with Crippen molar-refractivity contribution in [1.82, 2.24) is 20.4 Å². The van der Waals surface area contributed by atoms with E-state index in [1.54, 1.807) is 13.1 Å². The number of halogens is 2. The fourth-order valence-electron chi connectivity index (χ4n) is 2.73. The quantitative estimate of drug-likeness (QED) is 0.588. The number of nitrogens with zero attached hydrogens (tertiary/aromatic N) is 3. The molecule has 25 heavy (non-hydrogen) atoms. The van der Waals surface area contributed by atoms with Crippen LogP contribution in [-0.4, -0.2) is 28.8 Å². The first-order valence-corrected chi connectivity index (χ1v) is 9.01. The lowest BCUT2D eigenvalue weighted by Gasteiger charge is -2.18. The maximum absolute atomic E-state index is 13.6. The smallest absolute Gasteiger partial charge is 0.191 e. The Labute approximate surface area is 156 Å². The zero-order chi connectivity index (χ0) is 18.6. The molecule has 0 aliphatic carbocycles. The van der Waals surface area contributed by atoms with E-state index >= 15 is 0 Å². The summed E-state index contributed by atoms with van der Waals surface area (Å²) in [6.45, 7) is 6.72. The molecule has 0 amide bonds. The molecular weight excluding hydrogens is 385 g/mol. The van der Waals surface area contributed by atoms with Gasteiger partial charge in [-0.05, 0) is 66.4 Å². The Bertz CT molecular complexity index is 769. The molecular formula is C18H25BrFN5. The predicted octanol–water partition coefficient (Wildman–Crippen LogP) is 3.23. The maximum Gasteiger partial charge on any atom is 0.191 e. The molecule has 0 saturated carbocycles. The summed E-state index contributed by atoms with van der Waals surface area (Å²) in [4.78, 5) is 4.25. The van der Waals surface area contributed by atoms with Crippen molar-refractivity contribution in [3.8, 4) is 0 Å². The standard InChI is InChI=1S/C18H25BrFN5/c1-11(8-15-12(2)24-25(5)13(15)3)23-18(21-4)22-10-14-6-7-16(19)17(20)9-14/h6-7,9,11H,8,10H2,1-5H3,(H2,21,22,23). The molecule has 0 aliphatic heterocycles. The fraction of sp³-hybridized carbons (Fsp3) is 0.444. The Balaban J connectivity index is 1.93. The summed E-state index contributed by atoms with van der Waals surface area (Å²) in [5, 5.41) is 11.1. The van der Waals surface area contributed by atoms with Crippen LogP contribution in [0.5, 0.6) is 0 Å². The van der Waals surface area contributed by atoms with Gasteiger partial charge in [0.05, 0.1) is 10.2 Å². The van der Waals surface area contributed by atoms with Gasteiger partial charge < -0.3 is 10.6 Å². The minimum absolute atomic E-state index is 0.189. The number of aryl methyl sites for hydroxylation is 2. The topological polar surface area (TPSA) is 54.2 Å². The highest BCUT2D eigenvalue weighted by atomic mass is 79.9. The van der Waals surface area contributed by atoms with Gasteiger partial charge in [-0.2, -0.15) is 5.10 Å². The normalized spacial score (nSPS) is 13.0. The summed E-state index contributed by atoms with van der Waals surface area (Å²) in [6.07, 6.45) is 0.860. The molecule has 7 heteroatoms. The van der Waals surface area contributed by atoms with E-state index in [2.05, 4.69) is 50.5 Å². The molecule has 1 heterocycles. The van der Waals surface area contributed by atoms with Gasteiger partial charge in [0, 0.05) is 32.4 Å². The Morgan fingerprint density at radius 2 is 2.12 bits per heavy atom. The molecule has 2 N–H and O–H groups in total. The molecule has 2 rings (SSSR count). The van der Waals surface area contributed by atoms with Crippen molar-refractivity contribution in [1.29, 1.82) is 0 Å². The lowest BCUT2D eigenvalue weighted by Crippen LogP contribution is -2.42. The average Bonchev–Trinajstić information content (AvgIpc) is 2.80. The number of aromatic nitrogens is 2. The van der Waals surface area contributed by atoms with Crippen LogP contribution in [0.3, 0.4) is 0 Å².